The number of halogens is 5. The average Bonchev–Trinajstić information content (AvgIpc) is 3.33. The number of alkyl halides is 4. The lowest BCUT2D eigenvalue weighted by molar-refractivity contribution is -0.140. The van der Waals surface area contributed by atoms with Crippen LogP contribution in [0.1, 0.15) is 34.4 Å². The van der Waals surface area contributed by atoms with Crippen molar-refractivity contribution in [3.63, 3.8) is 0 Å². The highest BCUT2D eigenvalue weighted by Gasteiger charge is 2.32. The van der Waals surface area contributed by atoms with Gasteiger partial charge in [0.25, 0.3) is 5.91 Å². The number of aryl methyl sites for hydroxylation is 1. The summed E-state index contributed by atoms with van der Waals surface area (Å²) in [4.78, 5) is 19.6. The lowest BCUT2D eigenvalue weighted by Gasteiger charge is -2.08. The van der Waals surface area contributed by atoms with Crippen molar-refractivity contribution < 1.29 is 31.2 Å². The molecule has 6 nitrogen and oxygen atoms in total. The minimum atomic E-state index is -4.54. The number of fused-ring (bicyclic) bond motifs is 1. The molecule has 36 heavy (non-hydrogen) atoms. The maximum absolute atomic E-state index is 12.8. The molecule has 0 saturated heterocycles. The number of amides is 1. The maximum atomic E-state index is 12.8. The van der Waals surface area contributed by atoms with Crippen molar-refractivity contribution in [3.05, 3.63) is 83.1 Å². The predicted molar refractivity (Wildman–Crippen MR) is 126 cm³/mol. The molecule has 2 aromatic carbocycles. The SMILES string of the molecule is CCc1ccc(F)cc1.CF.CNC(=O)c1nc(-c2cccc3nc(C(F)(F)F)ccc23)oc1CN. The van der Waals surface area contributed by atoms with Gasteiger partial charge >= 0.3 is 6.18 Å². The number of nitrogens with zero attached hydrogens (tertiary/aromatic N) is 2. The Kier molecular flexibility index (Phi) is 10.0. The van der Waals surface area contributed by atoms with Crippen molar-refractivity contribution in [2.45, 2.75) is 26.1 Å². The van der Waals surface area contributed by atoms with E-state index in [0.29, 0.717) is 18.1 Å². The van der Waals surface area contributed by atoms with Gasteiger partial charge in [-0.05, 0) is 48.4 Å². The quantitative estimate of drug-likeness (QED) is 0.345. The molecular weight excluding hydrogens is 483 g/mol. The van der Waals surface area contributed by atoms with Gasteiger partial charge in [0.1, 0.15) is 11.5 Å². The topological polar surface area (TPSA) is 94.0 Å². The van der Waals surface area contributed by atoms with Crippen LogP contribution < -0.4 is 11.1 Å². The Morgan fingerprint density at radius 1 is 1.03 bits per heavy atom. The van der Waals surface area contributed by atoms with Gasteiger partial charge < -0.3 is 15.5 Å². The number of hydrogen-bond acceptors (Lipinski definition) is 5. The van der Waals surface area contributed by atoms with E-state index < -0.39 is 17.8 Å². The molecule has 0 radical (unpaired) electrons. The third kappa shape index (κ3) is 6.85. The largest absolute Gasteiger partial charge is 0.439 e. The standard InChI is InChI=1S/C16H13F3N4O2.C8H9F.CH3F/c1-21-14(24)13-11(7-20)25-15(23-13)9-3-2-4-10-8(9)5-6-12(22-10)16(17,18)19;1-2-7-3-5-8(9)6-4-7;1-2/h2-6H,7,20H2,1H3,(H,21,24);3-6H,2H2,1H3;1H3. The van der Waals surface area contributed by atoms with Crippen LogP contribution in [0.2, 0.25) is 0 Å². The van der Waals surface area contributed by atoms with Gasteiger partial charge in [0, 0.05) is 18.0 Å². The molecule has 4 rings (SSSR count). The van der Waals surface area contributed by atoms with Crippen LogP contribution in [0.25, 0.3) is 22.4 Å². The summed E-state index contributed by atoms with van der Waals surface area (Å²) in [6.07, 6.45) is -3.56. The molecule has 0 bridgehead atoms. The molecule has 0 unspecified atom stereocenters. The van der Waals surface area contributed by atoms with Crippen molar-refractivity contribution >= 4 is 16.8 Å². The maximum Gasteiger partial charge on any atom is 0.433 e. The van der Waals surface area contributed by atoms with E-state index in [0.717, 1.165) is 12.5 Å². The summed E-state index contributed by atoms with van der Waals surface area (Å²) in [5.41, 5.74) is 6.35. The summed E-state index contributed by atoms with van der Waals surface area (Å²) < 4.78 is 65.7. The minimum absolute atomic E-state index is 0.0388. The summed E-state index contributed by atoms with van der Waals surface area (Å²) in [5, 5.41) is 2.85. The first-order chi connectivity index (χ1) is 17.2. The first-order valence-electron chi connectivity index (χ1n) is 10.7. The average molecular weight is 508 g/mol. The third-order valence-electron chi connectivity index (χ3n) is 4.90. The molecule has 2 heterocycles. The fourth-order valence-corrected chi connectivity index (χ4v) is 3.12. The highest BCUT2D eigenvalue weighted by Crippen LogP contribution is 2.33. The molecule has 3 N–H and O–H groups in total. The van der Waals surface area contributed by atoms with E-state index in [1.54, 1.807) is 18.2 Å². The summed E-state index contributed by atoms with van der Waals surface area (Å²) >= 11 is 0. The van der Waals surface area contributed by atoms with Crippen LogP contribution in [0.4, 0.5) is 22.0 Å². The van der Waals surface area contributed by atoms with Crippen molar-refractivity contribution in [1.29, 1.82) is 0 Å². The van der Waals surface area contributed by atoms with Crippen LogP contribution in [0.3, 0.4) is 0 Å². The van der Waals surface area contributed by atoms with E-state index in [4.69, 9.17) is 10.2 Å². The van der Waals surface area contributed by atoms with Crippen LogP contribution in [0.15, 0.2) is 59.0 Å². The molecule has 2 aromatic heterocycles. The number of aromatic nitrogens is 2. The fourth-order valence-electron chi connectivity index (χ4n) is 3.12. The van der Waals surface area contributed by atoms with Crippen LogP contribution >= 0.6 is 0 Å². The Morgan fingerprint density at radius 2 is 1.69 bits per heavy atom. The zero-order chi connectivity index (χ0) is 26.9. The highest BCUT2D eigenvalue weighted by molar-refractivity contribution is 5.96. The Morgan fingerprint density at radius 3 is 2.25 bits per heavy atom. The number of benzene rings is 2. The molecule has 4 aromatic rings. The summed E-state index contributed by atoms with van der Waals surface area (Å²) in [6.45, 7) is 2.00. The number of nitrogens with one attached hydrogen (secondary N) is 1. The van der Waals surface area contributed by atoms with E-state index in [1.165, 1.54) is 42.9 Å². The van der Waals surface area contributed by atoms with E-state index in [9.17, 15) is 26.7 Å². The Balaban J connectivity index is 0.000000347. The number of carbonyl (C=O) groups is 1. The molecule has 0 spiro atoms. The van der Waals surface area contributed by atoms with Gasteiger partial charge in [-0.25, -0.2) is 14.4 Å². The zero-order valence-electron chi connectivity index (χ0n) is 19.8. The van der Waals surface area contributed by atoms with Crippen LogP contribution in [0.5, 0.6) is 0 Å². The number of nitrogens with two attached hydrogens (primary N) is 1. The van der Waals surface area contributed by atoms with E-state index >= 15 is 0 Å². The van der Waals surface area contributed by atoms with Crippen LogP contribution in [0, 0.1) is 5.82 Å². The van der Waals surface area contributed by atoms with Gasteiger partial charge in [-0.3, -0.25) is 9.18 Å². The number of rotatable bonds is 4. The molecule has 11 heteroatoms. The Labute approximate surface area is 204 Å². The van der Waals surface area contributed by atoms with E-state index in [-0.39, 0.29) is 35.2 Å². The summed E-state index contributed by atoms with van der Waals surface area (Å²) in [7, 11) is 1.94. The normalized spacial score (nSPS) is 10.7. The molecule has 192 valence electrons. The molecule has 1 amide bonds. The molecule has 0 aliphatic heterocycles. The van der Waals surface area contributed by atoms with Crippen molar-refractivity contribution in [2.75, 3.05) is 14.2 Å². The zero-order valence-corrected chi connectivity index (χ0v) is 19.8. The van der Waals surface area contributed by atoms with Crippen molar-refractivity contribution in [3.8, 4) is 11.5 Å². The molecule has 0 saturated carbocycles. The lowest BCUT2D eigenvalue weighted by atomic mass is 10.1. The Hall–Kier alpha value is -3.86. The molecule has 0 aliphatic carbocycles. The van der Waals surface area contributed by atoms with Crippen LogP contribution in [-0.2, 0) is 19.1 Å². The number of pyridine rings is 1. The molecule has 0 atom stereocenters. The second-order valence-electron chi connectivity index (χ2n) is 7.12. The van der Waals surface area contributed by atoms with Crippen molar-refractivity contribution in [1.82, 2.24) is 15.3 Å². The molecule has 0 fully saturated rings. The monoisotopic (exact) mass is 508 g/mol. The van der Waals surface area contributed by atoms with Gasteiger partial charge in [0.05, 0.1) is 19.2 Å². The number of hydrogen-bond donors (Lipinski definition) is 2. The third-order valence-corrected chi connectivity index (χ3v) is 4.90. The van der Waals surface area contributed by atoms with Gasteiger partial charge in [0.2, 0.25) is 5.89 Å². The fraction of sp³-hybridized carbons (Fsp3) is 0.240. The Bertz CT molecular complexity index is 1290. The molecular formula is C25H25F5N4O2. The van der Waals surface area contributed by atoms with Crippen molar-refractivity contribution in [2.24, 2.45) is 5.73 Å². The van der Waals surface area contributed by atoms with E-state index in [1.807, 2.05) is 6.92 Å². The van der Waals surface area contributed by atoms with Gasteiger partial charge in [0.15, 0.2) is 11.5 Å². The summed E-state index contributed by atoms with van der Waals surface area (Å²) in [5.74, 6) is -0.349. The van der Waals surface area contributed by atoms with Crippen LogP contribution in [-0.4, -0.2) is 30.1 Å². The highest BCUT2D eigenvalue weighted by atomic mass is 19.4. The smallest absolute Gasteiger partial charge is 0.433 e. The number of carbonyl (C=O) groups excluding carboxylic acids is 1. The molecule has 0 aliphatic rings. The first-order valence-corrected chi connectivity index (χ1v) is 10.7. The van der Waals surface area contributed by atoms with Gasteiger partial charge in [-0.1, -0.05) is 25.1 Å². The predicted octanol–water partition coefficient (Wildman–Crippen LogP) is 5.70. The van der Waals surface area contributed by atoms with E-state index in [2.05, 4.69) is 15.3 Å². The minimum Gasteiger partial charge on any atom is -0.439 e. The lowest BCUT2D eigenvalue weighted by Crippen LogP contribution is -2.20. The first kappa shape index (κ1) is 28.4. The van der Waals surface area contributed by atoms with Gasteiger partial charge in [-0.15, -0.1) is 0 Å². The summed E-state index contributed by atoms with van der Waals surface area (Å²) in [6, 6.07) is 13.4. The second-order valence-corrected chi connectivity index (χ2v) is 7.12. The second kappa shape index (κ2) is 12.7. The number of oxazole rings is 1. The van der Waals surface area contributed by atoms with Gasteiger partial charge in [-0.2, -0.15) is 13.2 Å².